The first kappa shape index (κ1) is 14.7. The molecule has 2 heterocycles. The number of piperazine rings is 1. The first-order valence-corrected chi connectivity index (χ1v) is 6.07. The van der Waals surface area contributed by atoms with E-state index in [0.717, 1.165) is 32.7 Å². The molecule has 0 aromatic carbocycles. The van der Waals surface area contributed by atoms with Crippen molar-refractivity contribution in [2.45, 2.75) is 13.0 Å². The first-order chi connectivity index (χ1) is 7.77. The van der Waals surface area contributed by atoms with Crippen LogP contribution in [0, 0.1) is 0 Å². The van der Waals surface area contributed by atoms with Crippen molar-refractivity contribution in [3.8, 4) is 0 Å². The van der Waals surface area contributed by atoms with Gasteiger partial charge in [-0.15, -0.1) is 12.4 Å². The van der Waals surface area contributed by atoms with E-state index in [4.69, 9.17) is 4.74 Å². The van der Waals surface area contributed by atoms with E-state index in [1.807, 2.05) is 4.90 Å². The largest absolute Gasteiger partial charge is 0.378 e. The van der Waals surface area contributed by atoms with Gasteiger partial charge in [0.2, 0.25) is 5.91 Å². The lowest BCUT2D eigenvalue weighted by Crippen LogP contribution is -2.54. The second-order valence-corrected chi connectivity index (χ2v) is 4.52. The molecule has 1 unspecified atom stereocenters. The van der Waals surface area contributed by atoms with Gasteiger partial charge in [-0.1, -0.05) is 0 Å². The number of hydrogen-bond donors (Lipinski definition) is 1. The number of nitrogens with one attached hydrogen (secondary N) is 1. The van der Waals surface area contributed by atoms with Gasteiger partial charge in [0.25, 0.3) is 0 Å². The highest BCUT2D eigenvalue weighted by Gasteiger charge is 2.23. The molecule has 1 N–H and O–H groups in total. The maximum atomic E-state index is 12.0. The van der Waals surface area contributed by atoms with Crippen molar-refractivity contribution >= 4 is 18.3 Å². The number of carbonyl (C=O) groups is 1. The molecular weight excluding hydrogens is 242 g/mol. The van der Waals surface area contributed by atoms with Crippen LogP contribution in [0.1, 0.15) is 6.92 Å². The van der Waals surface area contributed by atoms with E-state index in [1.54, 1.807) is 0 Å². The van der Waals surface area contributed by atoms with Gasteiger partial charge in [-0.2, -0.15) is 0 Å². The van der Waals surface area contributed by atoms with Gasteiger partial charge in [-0.25, -0.2) is 0 Å². The van der Waals surface area contributed by atoms with Gasteiger partial charge >= 0.3 is 0 Å². The van der Waals surface area contributed by atoms with Crippen LogP contribution in [0.2, 0.25) is 0 Å². The number of amides is 1. The van der Waals surface area contributed by atoms with Crippen LogP contribution in [0.15, 0.2) is 0 Å². The maximum Gasteiger partial charge on any atom is 0.236 e. The Morgan fingerprint density at radius 2 is 2.06 bits per heavy atom. The molecule has 2 saturated heterocycles. The van der Waals surface area contributed by atoms with Crippen LogP contribution < -0.4 is 5.32 Å². The normalized spacial score (nSPS) is 26.4. The summed E-state index contributed by atoms with van der Waals surface area (Å²) in [5, 5.41) is 3.33. The Hall–Kier alpha value is -0.360. The summed E-state index contributed by atoms with van der Waals surface area (Å²) in [6, 6.07) is 0.457. The van der Waals surface area contributed by atoms with Gasteiger partial charge in [-0.05, 0) is 6.92 Å². The molecule has 6 heteroatoms. The summed E-state index contributed by atoms with van der Waals surface area (Å²) in [5.41, 5.74) is 0. The summed E-state index contributed by atoms with van der Waals surface area (Å²) in [5.74, 6) is 0.247. The third kappa shape index (κ3) is 4.10. The van der Waals surface area contributed by atoms with Crippen LogP contribution in [0.5, 0.6) is 0 Å². The van der Waals surface area contributed by atoms with Crippen molar-refractivity contribution < 1.29 is 9.53 Å². The van der Waals surface area contributed by atoms with Crippen LogP contribution in [0.25, 0.3) is 0 Å². The highest BCUT2D eigenvalue weighted by Crippen LogP contribution is 2.04. The van der Waals surface area contributed by atoms with Gasteiger partial charge < -0.3 is 15.0 Å². The molecule has 17 heavy (non-hydrogen) atoms. The summed E-state index contributed by atoms with van der Waals surface area (Å²) in [6.07, 6.45) is 0. The minimum Gasteiger partial charge on any atom is -0.378 e. The molecule has 2 fully saturated rings. The summed E-state index contributed by atoms with van der Waals surface area (Å²) in [7, 11) is 0. The van der Waals surface area contributed by atoms with Gasteiger partial charge in [0.05, 0.1) is 19.8 Å². The average molecular weight is 264 g/mol. The molecule has 1 amide bonds. The molecule has 1 atom stereocenters. The summed E-state index contributed by atoms with van der Waals surface area (Å²) >= 11 is 0. The van der Waals surface area contributed by atoms with Gasteiger partial charge in [0.1, 0.15) is 0 Å². The number of ether oxygens (including phenoxy) is 1. The molecule has 0 saturated carbocycles. The van der Waals surface area contributed by atoms with Crippen molar-refractivity contribution in [3.05, 3.63) is 0 Å². The van der Waals surface area contributed by atoms with E-state index in [2.05, 4.69) is 17.1 Å². The highest BCUT2D eigenvalue weighted by molar-refractivity contribution is 5.85. The van der Waals surface area contributed by atoms with Gasteiger partial charge in [0.15, 0.2) is 0 Å². The maximum absolute atomic E-state index is 12.0. The Morgan fingerprint density at radius 1 is 1.35 bits per heavy atom. The Morgan fingerprint density at radius 3 is 2.71 bits per heavy atom. The zero-order valence-corrected chi connectivity index (χ0v) is 11.2. The van der Waals surface area contributed by atoms with Crippen molar-refractivity contribution in [3.63, 3.8) is 0 Å². The minimum atomic E-state index is 0. The van der Waals surface area contributed by atoms with Crippen LogP contribution in [-0.2, 0) is 9.53 Å². The molecule has 100 valence electrons. The van der Waals surface area contributed by atoms with E-state index in [9.17, 15) is 4.79 Å². The van der Waals surface area contributed by atoms with Crippen molar-refractivity contribution in [2.24, 2.45) is 0 Å². The number of halogens is 1. The molecule has 0 aromatic heterocycles. The number of carbonyl (C=O) groups excluding carboxylic acids is 1. The smallest absolute Gasteiger partial charge is 0.236 e. The quantitative estimate of drug-likeness (QED) is 0.734. The number of nitrogens with zero attached hydrogens (tertiary/aromatic N) is 2. The van der Waals surface area contributed by atoms with Crippen molar-refractivity contribution in [2.75, 3.05) is 52.5 Å². The van der Waals surface area contributed by atoms with Gasteiger partial charge in [0, 0.05) is 38.8 Å². The van der Waals surface area contributed by atoms with E-state index in [0.29, 0.717) is 25.8 Å². The van der Waals surface area contributed by atoms with E-state index in [1.165, 1.54) is 0 Å². The molecular formula is C11H22ClN3O2. The van der Waals surface area contributed by atoms with E-state index < -0.39 is 0 Å². The van der Waals surface area contributed by atoms with Crippen molar-refractivity contribution in [1.82, 2.24) is 15.1 Å². The minimum absolute atomic E-state index is 0. The Balaban J connectivity index is 0.00000144. The molecule has 5 nitrogen and oxygen atoms in total. The number of rotatable bonds is 2. The Bertz CT molecular complexity index is 247. The van der Waals surface area contributed by atoms with Crippen molar-refractivity contribution in [1.29, 1.82) is 0 Å². The summed E-state index contributed by atoms with van der Waals surface area (Å²) in [6.45, 7) is 8.53. The standard InChI is InChI=1S/C11H21N3O2.ClH/c1-10-8-12-2-3-14(10)9-11(15)13-4-6-16-7-5-13;/h10,12H,2-9H2,1H3;1H. The second kappa shape index (κ2) is 7.16. The molecule has 0 aliphatic carbocycles. The fraction of sp³-hybridized carbons (Fsp3) is 0.909. The molecule has 0 bridgehead atoms. The predicted molar refractivity (Wildman–Crippen MR) is 68.6 cm³/mol. The van der Waals surface area contributed by atoms with Gasteiger partial charge in [-0.3, -0.25) is 9.69 Å². The van der Waals surface area contributed by atoms with E-state index in [-0.39, 0.29) is 18.3 Å². The summed E-state index contributed by atoms with van der Waals surface area (Å²) < 4.78 is 5.24. The first-order valence-electron chi connectivity index (χ1n) is 6.07. The molecule has 0 spiro atoms. The Labute approximate surface area is 109 Å². The zero-order valence-electron chi connectivity index (χ0n) is 10.4. The van der Waals surface area contributed by atoms with Crippen LogP contribution in [-0.4, -0.2) is 74.2 Å². The van der Waals surface area contributed by atoms with E-state index >= 15 is 0 Å². The average Bonchev–Trinajstić information content (AvgIpc) is 2.33. The third-order valence-corrected chi connectivity index (χ3v) is 3.34. The monoisotopic (exact) mass is 263 g/mol. The van der Waals surface area contributed by atoms with Crippen LogP contribution >= 0.6 is 12.4 Å². The highest BCUT2D eigenvalue weighted by atomic mass is 35.5. The predicted octanol–water partition coefficient (Wildman–Crippen LogP) is -0.439. The Kier molecular flexibility index (Phi) is 6.19. The lowest BCUT2D eigenvalue weighted by molar-refractivity contribution is -0.137. The molecule has 2 rings (SSSR count). The zero-order chi connectivity index (χ0) is 11.4. The van der Waals surface area contributed by atoms with Crippen LogP contribution in [0.4, 0.5) is 0 Å². The molecule has 2 aliphatic heterocycles. The fourth-order valence-corrected chi connectivity index (χ4v) is 2.20. The SMILES string of the molecule is CC1CNCCN1CC(=O)N1CCOCC1.Cl. The summed E-state index contributed by atoms with van der Waals surface area (Å²) in [4.78, 5) is 16.2. The molecule has 0 radical (unpaired) electrons. The number of morpholine rings is 1. The molecule has 2 aliphatic rings. The second-order valence-electron chi connectivity index (χ2n) is 4.52. The lowest BCUT2D eigenvalue weighted by atomic mass is 10.2. The van der Waals surface area contributed by atoms with Crippen LogP contribution in [0.3, 0.4) is 0 Å². The number of hydrogen-bond acceptors (Lipinski definition) is 4. The third-order valence-electron chi connectivity index (χ3n) is 3.34. The topological polar surface area (TPSA) is 44.8 Å². The fourth-order valence-electron chi connectivity index (χ4n) is 2.20. The molecule has 0 aromatic rings. The lowest BCUT2D eigenvalue weighted by Gasteiger charge is -2.35.